The Balaban J connectivity index is 1.46. The summed E-state index contributed by atoms with van der Waals surface area (Å²) >= 11 is 7.57. The summed E-state index contributed by atoms with van der Waals surface area (Å²) in [4.78, 5) is 18.5. The predicted molar refractivity (Wildman–Crippen MR) is 139 cm³/mol. The smallest absolute Gasteiger partial charge is 0.305 e. The highest BCUT2D eigenvalue weighted by Gasteiger charge is 2.33. The summed E-state index contributed by atoms with van der Waals surface area (Å²) in [6.45, 7) is 1.20. The minimum absolute atomic E-state index is 0.0538. The van der Waals surface area contributed by atoms with E-state index in [1.54, 1.807) is 23.5 Å². The molecular formula is C25H28ClN3O4S2. The lowest BCUT2D eigenvalue weighted by molar-refractivity contribution is -0.140. The van der Waals surface area contributed by atoms with Gasteiger partial charge < -0.3 is 4.74 Å². The van der Waals surface area contributed by atoms with Gasteiger partial charge in [0.05, 0.1) is 28.8 Å². The Kier molecular flexibility index (Phi) is 8.56. The van der Waals surface area contributed by atoms with Crippen molar-refractivity contribution in [1.82, 2.24) is 14.6 Å². The van der Waals surface area contributed by atoms with Gasteiger partial charge in [-0.1, -0.05) is 35.9 Å². The number of likely N-dealkylation sites (tertiary alicyclic amines) is 1. The molecule has 1 aliphatic heterocycles. The van der Waals surface area contributed by atoms with E-state index in [1.165, 1.54) is 19.2 Å². The molecule has 0 radical (unpaired) electrons. The average molecular weight is 534 g/mol. The lowest BCUT2D eigenvalue weighted by atomic mass is 10.1. The molecule has 3 aromatic rings. The Hall–Kier alpha value is -2.30. The van der Waals surface area contributed by atoms with Crippen LogP contribution in [0, 0.1) is 0 Å². The number of hydrogen-bond acceptors (Lipinski definition) is 7. The number of benzene rings is 2. The first-order valence-corrected chi connectivity index (χ1v) is 14.1. The molecule has 0 amide bonds. The van der Waals surface area contributed by atoms with Crippen molar-refractivity contribution < 1.29 is 17.9 Å². The van der Waals surface area contributed by atoms with E-state index in [2.05, 4.69) is 27.8 Å². The number of nitrogens with zero attached hydrogens (tertiary/aromatic N) is 2. The van der Waals surface area contributed by atoms with E-state index >= 15 is 0 Å². The second kappa shape index (κ2) is 11.6. The number of methoxy groups -OCH3 is 1. The number of ether oxygens (including phenoxy) is 1. The summed E-state index contributed by atoms with van der Waals surface area (Å²) in [6.07, 6.45) is 6.66. The molecule has 10 heteroatoms. The summed E-state index contributed by atoms with van der Waals surface area (Å²) in [5.74, 6) is -0.214. The minimum atomic E-state index is -3.67. The van der Waals surface area contributed by atoms with Gasteiger partial charge in [0, 0.05) is 30.1 Å². The maximum atomic E-state index is 12.9. The number of halogens is 1. The molecule has 0 spiro atoms. The number of sulfonamides is 1. The zero-order valence-corrected chi connectivity index (χ0v) is 21.8. The van der Waals surface area contributed by atoms with Crippen LogP contribution in [0.2, 0.25) is 5.02 Å². The molecule has 0 unspecified atom stereocenters. The Bertz CT molecular complexity index is 1260. The van der Waals surface area contributed by atoms with Gasteiger partial charge in [0.25, 0.3) is 0 Å². The monoisotopic (exact) mass is 533 g/mol. The van der Waals surface area contributed by atoms with Gasteiger partial charge in [-0.3, -0.25) is 9.69 Å². The Labute approximate surface area is 214 Å². The van der Waals surface area contributed by atoms with Crippen LogP contribution >= 0.6 is 22.9 Å². The third-order valence-corrected chi connectivity index (χ3v) is 8.72. The predicted octanol–water partition coefficient (Wildman–Crippen LogP) is 4.77. The van der Waals surface area contributed by atoms with Crippen LogP contribution in [0.5, 0.6) is 0 Å². The standard InChI is InChI=1S/C25H28ClN3O4S2/c1-33-25(30)10-4-2-3-7-20-15-19(28-35(31,32)21-13-11-18(26)12-14-21)16-29(20)17-24-27-22-8-5-6-9-23(22)34-24/h3,5-9,11-14,19-20,28H,2,4,10,15-17H2,1H3/t19-,20-/m1/s1. The lowest BCUT2D eigenvalue weighted by Gasteiger charge is -2.20. The highest BCUT2D eigenvalue weighted by atomic mass is 35.5. The van der Waals surface area contributed by atoms with Gasteiger partial charge in [0.1, 0.15) is 5.01 Å². The molecule has 1 aliphatic rings. The largest absolute Gasteiger partial charge is 0.469 e. The van der Waals surface area contributed by atoms with E-state index in [0.29, 0.717) is 37.4 Å². The van der Waals surface area contributed by atoms with Crippen molar-refractivity contribution in [2.75, 3.05) is 13.7 Å². The molecule has 0 bridgehead atoms. The normalized spacial score (nSPS) is 19.0. The number of esters is 1. The van der Waals surface area contributed by atoms with Crippen LogP contribution < -0.4 is 4.72 Å². The van der Waals surface area contributed by atoms with Gasteiger partial charge in [-0.15, -0.1) is 11.3 Å². The molecule has 0 aliphatic carbocycles. The molecule has 1 saturated heterocycles. The number of carbonyl (C=O) groups is 1. The molecule has 4 rings (SSSR count). The molecule has 35 heavy (non-hydrogen) atoms. The van der Waals surface area contributed by atoms with Crippen molar-refractivity contribution in [3.63, 3.8) is 0 Å². The van der Waals surface area contributed by atoms with Crippen LogP contribution in [-0.2, 0) is 26.1 Å². The van der Waals surface area contributed by atoms with Crippen LogP contribution in [-0.4, -0.2) is 50.0 Å². The molecule has 2 heterocycles. The number of aromatic nitrogens is 1. The van der Waals surface area contributed by atoms with E-state index in [0.717, 1.165) is 21.6 Å². The maximum Gasteiger partial charge on any atom is 0.305 e. The number of hydrogen-bond donors (Lipinski definition) is 1. The zero-order chi connectivity index (χ0) is 24.8. The van der Waals surface area contributed by atoms with Crippen molar-refractivity contribution in [3.05, 3.63) is 70.7 Å². The minimum Gasteiger partial charge on any atom is -0.469 e. The molecule has 186 valence electrons. The number of unbranched alkanes of at least 4 members (excludes halogenated alkanes) is 1. The van der Waals surface area contributed by atoms with Gasteiger partial charge in [0.2, 0.25) is 10.0 Å². The van der Waals surface area contributed by atoms with Crippen molar-refractivity contribution in [1.29, 1.82) is 0 Å². The van der Waals surface area contributed by atoms with Crippen molar-refractivity contribution in [2.45, 2.75) is 49.2 Å². The molecule has 0 saturated carbocycles. The van der Waals surface area contributed by atoms with Gasteiger partial charge in [-0.25, -0.2) is 18.1 Å². The average Bonchev–Trinajstić information content (AvgIpc) is 3.41. The summed E-state index contributed by atoms with van der Waals surface area (Å²) in [5, 5.41) is 1.49. The lowest BCUT2D eigenvalue weighted by Crippen LogP contribution is -2.37. The fraction of sp³-hybridized carbons (Fsp3) is 0.360. The van der Waals surface area contributed by atoms with Gasteiger partial charge >= 0.3 is 5.97 Å². The van der Waals surface area contributed by atoms with Gasteiger partial charge in [-0.05, 0) is 55.7 Å². The van der Waals surface area contributed by atoms with E-state index in [-0.39, 0.29) is 22.9 Å². The SMILES string of the molecule is COC(=O)CCCC=C[C@@H]1C[C@@H](NS(=O)(=O)c2ccc(Cl)cc2)CN1Cc1nc2ccccc2s1. The maximum absolute atomic E-state index is 12.9. The molecule has 7 nitrogen and oxygen atoms in total. The van der Waals surface area contributed by atoms with Crippen LogP contribution in [0.1, 0.15) is 30.7 Å². The summed E-state index contributed by atoms with van der Waals surface area (Å²) < 4.78 is 34.6. The first-order chi connectivity index (χ1) is 16.8. The number of thiazole rings is 1. The second-order valence-corrected chi connectivity index (χ2v) is 11.7. The number of para-hydroxylation sites is 1. The summed E-state index contributed by atoms with van der Waals surface area (Å²) in [7, 11) is -2.28. The van der Waals surface area contributed by atoms with E-state index in [4.69, 9.17) is 21.3 Å². The quantitative estimate of drug-likeness (QED) is 0.229. The number of allylic oxidation sites excluding steroid dienone is 1. The molecule has 1 fully saturated rings. The fourth-order valence-corrected chi connectivity index (χ4v) is 6.54. The highest BCUT2D eigenvalue weighted by Crippen LogP contribution is 2.28. The molecule has 1 aromatic heterocycles. The Morgan fingerprint density at radius 3 is 2.77 bits per heavy atom. The number of rotatable bonds is 10. The number of carbonyl (C=O) groups excluding carboxylic acids is 1. The Morgan fingerprint density at radius 2 is 2.03 bits per heavy atom. The highest BCUT2D eigenvalue weighted by molar-refractivity contribution is 7.89. The number of nitrogens with one attached hydrogen (secondary N) is 1. The third-order valence-electron chi connectivity index (χ3n) is 5.91. The molecular weight excluding hydrogens is 506 g/mol. The first kappa shape index (κ1) is 25.8. The number of fused-ring (bicyclic) bond motifs is 1. The summed E-state index contributed by atoms with van der Waals surface area (Å²) in [5.41, 5.74) is 0.974. The van der Waals surface area contributed by atoms with Crippen molar-refractivity contribution >= 4 is 49.1 Å². The van der Waals surface area contributed by atoms with Crippen LogP contribution in [0.15, 0.2) is 65.6 Å². The zero-order valence-electron chi connectivity index (χ0n) is 19.4. The van der Waals surface area contributed by atoms with E-state index < -0.39 is 10.0 Å². The van der Waals surface area contributed by atoms with Gasteiger partial charge in [0.15, 0.2) is 0 Å². The topological polar surface area (TPSA) is 88.6 Å². The third kappa shape index (κ3) is 6.89. The van der Waals surface area contributed by atoms with Crippen molar-refractivity contribution in [2.24, 2.45) is 0 Å². The van der Waals surface area contributed by atoms with Crippen molar-refractivity contribution in [3.8, 4) is 0 Å². The van der Waals surface area contributed by atoms with Gasteiger partial charge in [-0.2, -0.15) is 0 Å². The molecule has 2 aromatic carbocycles. The van der Waals surface area contributed by atoms with Crippen LogP contribution in [0.3, 0.4) is 0 Å². The van der Waals surface area contributed by atoms with Crippen LogP contribution in [0.25, 0.3) is 10.2 Å². The summed E-state index contributed by atoms with van der Waals surface area (Å²) in [6, 6.07) is 14.0. The Morgan fingerprint density at radius 1 is 1.26 bits per heavy atom. The van der Waals surface area contributed by atoms with E-state index in [9.17, 15) is 13.2 Å². The van der Waals surface area contributed by atoms with Crippen LogP contribution in [0.4, 0.5) is 0 Å². The molecule has 1 N–H and O–H groups in total. The van der Waals surface area contributed by atoms with E-state index in [1.807, 2.05) is 18.2 Å². The fourth-order valence-electron chi connectivity index (χ4n) is 4.18. The first-order valence-electron chi connectivity index (χ1n) is 11.4. The second-order valence-electron chi connectivity index (χ2n) is 8.48. The molecule has 2 atom stereocenters.